The zero-order valence-corrected chi connectivity index (χ0v) is 13.7. The lowest BCUT2D eigenvalue weighted by Crippen LogP contribution is -2.20. The van der Waals surface area contributed by atoms with Crippen molar-refractivity contribution in [1.29, 1.82) is 0 Å². The summed E-state index contributed by atoms with van der Waals surface area (Å²) in [4.78, 5) is 4.49. The number of hydrogen-bond donors (Lipinski definition) is 2. The van der Waals surface area contributed by atoms with Crippen LogP contribution in [0.3, 0.4) is 0 Å². The zero-order valence-electron chi connectivity index (χ0n) is 12.0. The molecule has 2 rings (SSSR count). The number of aryl methyl sites for hydroxylation is 4. The highest BCUT2D eigenvalue weighted by molar-refractivity contribution is 7.17. The average Bonchev–Trinajstić information content (AvgIpc) is 2.88. The van der Waals surface area contributed by atoms with E-state index in [1.807, 2.05) is 13.8 Å². The van der Waals surface area contributed by atoms with Gasteiger partial charge in [-0.1, -0.05) is 0 Å². The topological polar surface area (TPSA) is 76.8 Å². The molecule has 4 nitrogen and oxygen atoms in total. The van der Waals surface area contributed by atoms with Gasteiger partial charge in [-0.25, -0.2) is 0 Å². The van der Waals surface area contributed by atoms with Crippen molar-refractivity contribution in [2.45, 2.75) is 27.7 Å². The van der Waals surface area contributed by atoms with E-state index in [1.54, 1.807) is 22.7 Å². The van der Waals surface area contributed by atoms with Gasteiger partial charge in [-0.05, 0) is 51.0 Å². The molecule has 2 heterocycles. The molecule has 4 N–H and O–H groups in total. The molecule has 0 radical (unpaired) electrons. The molecular formula is C14H18N4S2. The lowest BCUT2D eigenvalue weighted by atomic mass is 10.1. The van der Waals surface area contributed by atoms with Gasteiger partial charge in [0, 0.05) is 9.75 Å². The Morgan fingerprint density at radius 1 is 0.800 bits per heavy atom. The van der Waals surface area contributed by atoms with E-state index in [0.717, 1.165) is 20.9 Å². The predicted octanol–water partition coefficient (Wildman–Crippen LogP) is 3.07. The molecular weight excluding hydrogens is 288 g/mol. The SMILES string of the molecule is Cc1cc(C)c(C(=N\N)/C(=N/N)c2sc(C)cc2C)s1. The van der Waals surface area contributed by atoms with Gasteiger partial charge >= 0.3 is 0 Å². The summed E-state index contributed by atoms with van der Waals surface area (Å²) in [5.41, 5.74) is 3.61. The first-order chi connectivity index (χ1) is 9.47. The first kappa shape index (κ1) is 14.7. The van der Waals surface area contributed by atoms with E-state index in [4.69, 9.17) is 11.7 Å². The third kappa shape index (κ3) is 2.62. The Hall–Kier alpha value is -1.66. The molecule has 20 heavy (non-hydrogen) atoms. The van der Waals surface area contributed by atoms with Crippen molar-refractivity contribution in [1.82, 2.24) is 0 Å². The van der Waals surface area contributed by atoms with Gasteiger partial charge in [0.25, 0.3) is 0 Å². The van der Waals surface area contributed by atoms with Crippen molar-refractivity contribution in [2.75, 3.05) is 0 Å². The van der Waals surface area contributed by atoms with Crippen LogP contribution < -0.4 is 11.7 Å². The Balaban J connectivity index is 2.56. The van der Waals surface area contributed by atoms with E-state index < -0.39 is 0 Å². The number of thiophene rings is 2. The number of hydrazone groups is 2. The number of rotatable bonds is 3. The van der Waals surface area contributed by atoms with Crippen LogP contribution in [0.25, 0.3) is 0 Å². The molecule has 0 saturated heterocycles. The summed E-state index contributed by atoms with van der Waals surface area (Å²) in [5.74, 6) is 11.2. The molecule has 0 spiro atoms. The van der Waals surface area contributed by atoms with Gasteiger partial charge in [-0.3, -0.25) is 0 Å². The maximum Gasteiger partial charge on any atom is 0.129 e. The van der Waals surface area contributed by atoms with Gasteiger partial charge in [0.2, 0.25) is 0 Å². The van der Waals surface area contributed by atoms with Crippen LogP contribution in [-0.4, -0.2) is 11.4 Å². The third-order valence-electron chi connectivity index (χ3n) is 2.99. The second kappa shape index (κ2) is 5.76. The third-order valence-corrected chi connectivity index (χ3v) is 5.31. The highest BCUT2D eigenvalue weighted by Crippen LogP contribution is 2.27. The molecule has 0 fully saturated rings. The van der Waals surface area contributed by atoms with Crippen LogP contribution in [0, 0.1) is 27.7 Å². The molecule has 0 aromatic carbocycles. The van der Waals surface area contributed by atoms with Crippen LogP contribution in [0.1, 0.15) is 30.6 Å². The van der Waals surface area contributed by atoms with Gasteiger partial charge < -0.3 is 11.7 Å². The summed E-state index contributed by atoms with van der Waals surface area (Å²) in [5, 5.41) is 7.91. The minimum Gasteiger partial charge on any atom is -0.323 e. The van der Waals surface area contributed by atoms with E-state index in [-0.39, 0.29) is 0 Å². The van der Waals surface area contributed by atoms with Gasteiger partial charge in [0.05, 0.1) is 9.75 Å². The molecule has 6 heteroatoms. The predicted molar refractivity (Wildman–Crippen MR) is 89.0 cm³/mol. The highest BCUT2D eigenvalue weighted by Gasteiger charge is 2.21. The molecule has 0 unspecified atom stereocenters. The van der Waals surface area contributed by atoms with E-state index in [2.05, 4.69) is 36.2 Å². The fourth-order valence-electron chi connectivity index (χ4n) is 2.21. The van der Waals surface area contributed by atoms with Crippen molar-refractivity contribution < 1.29 is 0 Å². The molecule has 0 atom stereocenters. The Morgan fingerprint density at radius 3 is 1.35 bits per heavy atom. The lowest BCUT2D eigenvalue weighted by molar-refractivity contribution is 1.23. The maximum atomic E-state index is 5.62. The summed E-state index contributed by atoms with van der Waals surface area (Å²) in [6.07, 6.45) is 0. The Kier molecular flexibility index (Phi) is 4.25. The van der Waals surface area contributed by atoms with Crippen LogP contribution in [0.4, 0.5) is 0 Å². The average molecular weight is 306 g/mol. The number of nitrogens with two attached hydrogens (primary N) is 2. The van der Waals surface area contributed by atoms with E-state index in [1.165, 1.54) is 9.75 Å². The number of hydrogen-bond acceptors (Lipinski definition) is 6. The van der Waals surface area contributed by atoms with Crippen LogP contribution in [0.5, 0.6) is 0 Å². The highest BCUT2D eigenvalue weighted by atomic mass is 32.1. The molecule has 2 aromatic heterocycles. The Labute approximate surface area is 126 Å². The first-order valence-electron chi connectivity index (χ1n) is 6.18. The summed E-state index contributed by atoms with van der Waals surface area (Å²) in [6, 6.07) is 4.23. The number of nitrogens with zero attached hydrogens (tertiary/aromatic N) is 2. The second-order valence-electron chi connectivity index (χ2n) is 4.69. The molecule has 0 aliphatic heterocycles. The van der Waals surface area contributed by atoms with Crippen LogP contribution in [-0.2, 0) is 0 Å². The Bertz CT molecular complexity index is 632. The largest absolute Gasteiger partial charge is 0.323 e. The normalized spacial score (nSPS) is 13.0. The van der Waals surface area contributed by atoms with Gasteiger partial charge in [-0.15, -0.1) is 22.7 Å². The maximum absolute atomic E-state index is 5.62. The van der Waals surface area contributed by atoms with Crippen molar-refractivity contribution in [3.8, 4) is 0 Å². The van der Waals surface area contributed by atoms with Crippen LogP contribution in [0.2, 0.25) is 0 Å². The van der Waals surface area contributed by atoms with Crippen LogP contribution >= 0.6 is 22.7 Å². The molecule has 0 aliphatic rings. The van der Waals surface area contributed by atoms with Crippen molar-refractivity contribution in [3.05, 3.63) is 42.8 Å². The van der Waals surface area contributed by atoms with E-state index in [0.29, 0.717) is 11.4 Å². The molecule has 0 aliphatic carbocycles. The molecule has 0 bridgehead atoms. The van der Waals surface area contributed by atoms with Crippen molar-refractivity contribution in [3.63, 3.8) is 0 Å². The van der Waals surface area contributed by atoms with Gasteiger partial charge in [0.1, 0.15) is 11.4 Å². The van der Waals surface area contributed by atoms with Crippen molar-refractivity contribution in [2.24, 2.45) is 21.9 Å². The van der Waals surface area contributed by atoms with E-state index in [9.17, 15) is 0 Å². The summed E-state index contributed by atoms with van der Waals surface area (Å²) >= 11 is 3.31. The molecule has 2 aromatic rings. The molecule has 0 saturated carbocycles. The fraction of sp³-hybridized carbons (Fsp3) is 0.286. The summed E-state index contributed by atoms with van der Waals surface area (Å²) in [7, 11) is 0. The summed E-state index contributed by atoms with van der Waals surface area (Å²) in [6.45, 7) is 8.22. The lowest BCUT2D eigenvalue weighted by Gasteiger charge is -2.07. The quantitative estimate of drug-likeness (QED) is 0.519. The zero-order chi connectivity index (χ0) is 14.9. The van der Waals surface area contributed by atoms with Gasteiger partial charge in [0.15, 0.2) is 0 Å². The first-order valence-corrected chi connectivity index (χ1v) is 7.82. The molecule has 106 valence electrons. The Morgan fingerprint density at radius 2 is 1.15 bits per heavy atom. The monoisotopic (exact) mass is 306 g/mol. The van der Waals surface area contributed by atoms with Crippen LogP contribution in [0.15, 0.2) is 22.3 Å². The minimum atomic E-state index is 0.660. The van der Waals surface area contributed by atoms with Crippen molar-refractivity contribution >= 4 is 34.1 Å². The molecule has 0 amide bonds. The summed E-state index contributed by atoms with van der Waals surface area (Å²) < 4.78 is 0. The minimum absolute atomic E-state index is 0.660. The second-order valence-corrected chi connectivity index (χ2v) is 7.21. The smallest absolute Gasteiger partial charge is 0.129 e. The standard InChI is InChI=1S/C14H18N4S2/c1-7-5-9(3)19-13(7)11(17-15)12(18-16)14-8(2)6-10(4)20-14/h5-6H,15-16H2,1-4H3/b17-11-,18-12-. The fourth-order valence-corrected chi connectivity index (χ4v) is 4.25. The van der Waals surface area contributed by atoms with Gasteiger partial charge in [-0.2, -0.15) is 10.2 Å². The van der Waals surface area contributed by atoms with E-state index >= 15 is 0 Å².